The molecule has 2 heterocycles. The third-order valence-corrected chi connectivity index (χ3v) is 5.28. The maximum absolute atomic E-state index is 13.0. The Kier molecular flexibility index (Phi) is 6.44. The molecule has 0 aliphatic carbocycles. The Hall–Kier alpha value is -4.07. The molecular formula is C25H24N2O6. The molecular weight excluding hydrogens is 424 g/mol. The van der Waals surface area contributed by atoms with Gasteiger partial charge in [0.15, 0.2) is 0 Å². The zero-order chi connectivity index (χ0) is 23.4. The number of hydrogen-bond donors (Lipinski definition) is 2. The molecule has 2 aromatic carbocycles. The van der Waals surface area contributed by atoms with Crippen LogP contribution >= 0.6 is 0 Å². The standard InChI is InChI=1S/C25H24N2O6/c1-3-31-25(30)23-19(18-9-5-7-11-22(18)33-23)14-32-24(29)21(27-15(2)28)12-16-13-26-20-10-6-4-8-17(16)20/h4-11,13,21,26H,3,12,14H2,1-2H3,(H,27,28)/t21-/m0/s1. The second kappa shape index (κ2) is 9.60. The quantitative estimate of drug-likeness (QED) is 0.396. The van der Waals surface area contributed by atoms with Crippen molar-refractivity contribution in [3.05, 3.63) is 71.6 Å². The van der Waals surface area contributed by atoms with Crippen molar-refractivity contribution in [1.82, 2.24) is 10.3 Å². The molecule has 0 radical (unpaired) electrons. The van der Waals surface area contributed by atoms with Crippen LogP contribution in [0, 0.1) is 0 Å². The summed E-state index contributed by atoms with van der Waals surface area (Å²) in [5.74, 6) is -1.59. The number of hydrogen-bond acceptors (Lipinski definition) is 6. The van der Waals surface area contributed by atoms with Crippen LogP contribution in [-0.2, 0) is 32.1 Å². The molecule has 8 nitrogen and oxygen atoms in total. The van der Waals surface area contributed by atoms with E-state index < -0.39 is 18.0 Å². The molecule has 2 aromatic heterocycles. The van der Waals surface area contributed by atoms with Crippen molar-refractivity contribution in [3.63, 3.8) is 0 Å². The predicted octanol–water partition coefficient (Wildman–Crippen LogP) is 3.88. The van der Waals surface area contributed by atoms with Gasteiger partial charge >= 0.3 is 11.9 Å². The summed E-state index contributed by atoms with van der Waals surface area (Å²) in [6.07, 6.45) is 2.06. The normalized spacial score (nSPS) is 11.9. The minimum Gasteiger partial charge on any atom is -0.460 e. The highest BCUT2D eigenvalue weighted by Crippen LogP contribution is 2.27. The van der Waals surface area contributed by atoms with Crippen molar-refractivity contribution in [2.24, 2.45) is 0 Å². The lowest BCUT2D eigenvalue weighted by Gasteiger charge is -2.16. The third kappa shape index (κ3) is 4.74. The molecule has 0 aliphatic heterocycles. The van der Waals surface area contributed by atoms with Crippen molar-refractivity contribution >= 4 is 39.7 Å². The third-order valence-electron chi connectivity index (χ3n) is 5.28. The summed E-state index contributed by atoms with van der Waals surface area (Å²) < 4.78 is 16.3. The first kappa shape index (κ1) is 22.1. The van der Waals surface area contributed by atoms with Crippen LogP contribution in [0.4, 0.5) is 0 Å². The fourth-order valence-electron chi connectivity index (χ4n) is 3.81. The molecule has 170 valence electrons. The van der Waals surface area contributed by atoms with Gasteiger partial charge < -0.3 is 24.2 Å². The van der Waals surface area contributed by atoms with E-state index in [0.29, 0.717) is 16.5 Å². The summed E-state index contributed by atoms with van der Waals surface area (Å²) in [5.41, 5.74) is 2.73. The largest absolute Gasteiger partial charge is 0.460 e. The van der Waals surface area contributed by atoms with Crippen molar-refractivity contribution in [2.45, 2.75) is 32.9 Å². The van der Waals surface area contributed by atoms with Crippen LogP contribution in [0.1, 0.15) is 35.5 Å². The summed E-state index contributed by atoms with van der Waals surface area (Å²) >= 11 is 0. The predicted molar refractivity (Wildman–Crippen MR) is 122 cm³/mol. The van der Waals surface area contributed by atoms with E-state index in [1.807, 2.05) is 30.5 Å². The summed E-state index contributed by atoms with van der Waals surface area (Å²) in [5, 5.41) is 4.28. The first-order chi connectivity index (χ1) is 16.0. The fraction of sp³-hybridized carbons (Fsp3) is 0.240. The van der Waals surface area contributed by atoms with Crippen LogP contribution in [0.3, 0.4) is 0 Å². The Labute approximate surface area is 189 Å². The van der Waals surface area contributed by atoms with Crippen LogP contribution in [0.25, 0.3) is 21.9 Å². The van der Waals surface area contributed by atoms with Gasteiger partial charge in [0.25, 0.3) is 0 Å². The maximum Gasteiger partial charge on any atom is 0.374 e. The minimum absolute atomic E-state index is 0.00134. The Morgan fingerprint density at radius 3 is 2.52 bits per heavy atom. The highest BCUT2D eigenvalue weighted by molar-refractivity contribution is 5.96. The zero-order valence-corrected chi connectivity index (χ0v) is 18.3. The number of carbonyl (C=O) groups is 3. The molecule has 33 heavy (non-hydrogen) atoms. The van der Waals surface area contributed by atoms with E-state index in [1.165, 1.54) is 6.92 Å². The smallest absolute Gasteiger partial charge is 0.374 e. The number of nitrogens with one attached hydrogen (secondary N) is 2. The molecule has 0 unspecified atom stereocenters. The van der Waals surface area contributed by atoms with Gasteiger partial charge in [-0.25, -0.2) is 9.59 Å². The van der Waals surface area contributed by atoms with E-state index in [4.69, 9.17) is 13.9 Å². The fourth-order valence-corrected chi connectivity index (χ4v) is 3.81. The van der Waals surface area contributed by atoms with Gasteiger partial charge in [0.05, 0.1) is 12.2 Å². The second-order valence-corrected chi connectivity index (χ2v) is 7.55. The molecule has 8 heteroatoms. The molecule has 0 bridgehead atoms. The molecule has 0 aliphatic rings. The Bertz CT molecular complexity index is 1320. The lowest BCUT2D eigenvalue weighted by molar-refractivity contribution is -0.149. The first-order valence-electron chi connectivity index (χ1n) is 10.6. The summed E-state index contributed by atoms with van der Waals surface area (Å²) in [6.45, 7) is 3.03. The lowest BCUT2D eigenvalue weighted by atomic mass is 10.0. The van der Waals surface area contributed by atoms with Gasteiger partial charge in [-0.1, -0.05) is 36.4 Å². The van der Waals surface area contributed by atoms with Gasteiger partial charge in [0.1, 0.15) is 18.2 Å². The molecule has 0 saturated carbocycles. The zero-order valence-electron chi connectivity index (χ0n) is 18.3. The van der Waals surface area contributed by atoms with Crippen molar-refractivity contribution in [3.8, 4) is 0 Å². The number of para-hydroxylation sites is 2. The van der Waals surface area contributed by atoms with Gasteiger partial charge in [0.2, 0.25) is 11.7 Å². The highest BCUT2D eigenvalue weighted by atomic mass is 16.5. The molecule has 0 saturated heterocycles. The summed E-state index contributed by atoms with van der Waals surface area (Å²) in [7, 11) is 0. The van der Waals surface area contributed by atoms with E-state index in [0.717, 1.165) is 16.5 Å². The number of aromatic nitrogens is 1. The van der Waals surface area contributed by atoms with E-state index in [9.17, 15) is 14.4 Å². The van der Waals surface area contributed by atoms with Crippen LogP contribution in [-0.4, -0.2) is 35.5 Å². The number of fused-ring (bicyclic) bond motifs is 2. The second-order valence-electron chi connectivity index (χ2n) is 7.55. The van der Waals surface area contributed by atoms with E-state index in [2.05, 4.69) is 10.3 Å². The number of esters is 2. The molecule has 0 fully saturated rings. The average Bonchev–Trinajstić information content (AvgIpc) is 3.38. The number of carbonyl (C=O) groups excluding carboxylic acids is 3. The topological polar surface area (TPSA) is 111 Å². The number of aromatic amines is 1. The van der Waals surface area contributed by atoms with Crippen molar-refractivity contribution in [2.75, 3.05) is 6.61 Å². The number of amides is 1. The van der Waals surface area contributed by atoms with Crippen LogP contribution in [0.5, 0.6) is 0 Å². The monoisotopic (exact) mass is 448 g/mol. The summed E-state index contributed by atoms with van der Waals surface area (Å²) in [4.78, 5) is 40.3. The molecule has 2 N–H and O–H groups in total. The number of furan rings is 1. The van der Waals surface area contributed by atoms with E-state index in [-0.39, 0.29) is 31.3 Å². The van der Waals surface area contributed by atoms with Gasteiger partial charge in [0, 0.05) is 35.8 Å². The molecule has 0 spiro atoms. The molecule has 1 atom stereocenters. The van der Waals surface area contributed by atoms with Crippen LogP contribution in [0.15, 0.2) is 59.1 Å². The van der Waals surface area contributed by atoms with Gasteiger partial charge in [-0.15, -0.1) is 0 Å². The molecule has 4 rings (SSSR count). The van der Waals surface area contributed by atoms with E-state index in [1.54, 1.807) is 31.2 Å². The number of benzene rings is 2. The number of H-pyrrole nitrogens is 1. The minimum atomic E-state index is -0.897. The Morgan fingerprint density at radius 1 is 1.03 bits per heavy atom. The highest BCUT2D eigenvalue weighted by Gasteiger charge is 2.26. The van der Waals surface area contributed by atoms with Crippen molar-refractivity contribution in [1.29, 1.82) is 0 Å². The van der Waals surface area contributed by atoms with Gasteiger partial charge in [-0.2, -0.15) is 0 Å². The maximum atomic E-state index is 13.0. The lowest BCUT2D eigenvalue weighted by Crippen LogP contribution is -2.42. The molecule has 1 amide bonds. The Balaban J connectivity index is 1.56. The number of ether oxygens (including phenoxy) is 2. The van der Waals surface area contributed by atoms with Crippen LogP contribution < -0.4 is 5.32 Å². The SMILES string of the molecule is CCOC(=O)c1oc2ccccc2c1COC(=O)[C@H](Cc1c[nH]c2ccccc12)NC(C)=O. The first-order valence-corrected chi connectivity index (χ1v) is 10.6. The Morgan fingerprint density at radius 2 is 1.76 bits per heavy atom. The number of rotatable bonds is 8. The van der Waals surface area contributed by atoms with Crippen LogP contribution in [0.2, 0.25) is 0 Å². The van der Waals surface area contributed by atoms with Gasteiger partial charge in [-0.3, -0.25) is 4.79 Å². The average molecular weight is 448 g/mol. The van der Waals surface area contributed by atoms with Crippen molar-refractivity contribution < 1.29 is 28.3 Å². The van der Waals surface area contributed by atoms with Gasteiger partial charge in [-0.05, 0) is 24.6 Å². The van der Waals surface area contributed by atoms with E-state index >= 15 is 0 Å². The summed E-state index contributed by atoms with van der Waals surface area (Å²) in [6, 6.07) is 13.9. The molecule has 4 aromatic rings.